The summed E-state index contributed by atoms with van der Waals surface area (Å²) in [6.07, 6.45) is 1.58. The third-order valence-electron chi connectivity index (χ3n) is 3.94. The number of benzene rings is 1. The van der Waals surface area contributed by atoms with Crippen LogP contribution in [0.1, 0.15) is 12.8 Å². The Bertz CT molecular complexity index is 604. The molecule has 0 unspecified atom stereocenters. The summed E-state index contributed by atoms with van der Waals surface area (Å²) in [6, 6.07) is 14.0. The number of rotatable bonds is 3. The molecule has 0 radical (unpaired) electrons. The molecule has 2 aromatic rings. The maximum absolute atomic E-state index is 11.2. The van der Waals surface area contributed by atoms with Gasteiger partial charge >= 0.3 is 0 Å². The van der Waals surface area contributed by atoms with E-state index in [0.29, 0.717) is 0 Å². The molecule has 0 atom stereocenters. The fourth-order valence-electron chi connectivity index (χ4n) is 2.65. The molecule has 1 aromatic heterocycles. The summed E-state index contributed by atoms with van der Waals surface area (Å²) in [5.74, 6) is 0.663. The Labute approximate surface area is 123 Å². The molecule has 0 spiro atoms. The molecule has 5 heteroatoms. The molecule has 2 heterocycles. The van der Waals surface area contributed by atoms with Crippen LogP contribution in [0.5, 0.6) is 0 Å². The van der Waals surface area contributed by atoms with Crippen molar-refractivity contribution < 1.29 is 4.79 Å². The molecule has 0 saturated carbocycles. The summed E-state index contributed by atoms with van der Waals surface area (Å²) >= 11 is 0. The Morgan fingerprint density at radius 2 is 1.76 bits per heavy atom. The second kappa shape index (κ2) is 5.91. The van der Waals surface area contributed by atoms with Crippen molar-refractivity contribution in [1.29, 1.82) is 0 Å². The lowest BCUT2D eigenvalue weighted by Crippen LogP contribution is -2.39. The van der Waals surface area contributed by atoms with E-state index in [4.69, 9.17) is 5.73 Å². The average molecular weight is 282 g/mol. The highest BCUT2D eigenvalue weighted by Crippen LogP contribution is 2.23. The van der Waals surface area contributed by atoms with Crippen molar-refractivity contribution in [3.63, 3.8) is 0 Å². The summed E-state index contributed by atoms with van der Waals surface area (Å²) in [6.45, 7) is 1.60. The number of carbonyl (C=O) groups excluding carboxylic acids is 1. The van der Waals surface area contributed by atoms with Crippen molar-refractivity contribution in [3.8, 4) is 11.3 Å². The number of primary amides is 1. The van der Waals surface area contributed by atoms with E-state index >= 15 is 0 Å². The number of hydrogen-bond acceptors (Lipinski definition) is 4. The lowest BCUT2D eigenvalue weighted by Gasteiger charge is -2.31. The van der Waals surface area contributed by atoms with Crippen LogP contribution in [0.15, 0.2) is 42.5 Å². The summed E-state index contributed by atoms with van der Waals surface area (Å²) < 4.78 is 0. The molecule has 1 aliphatic rings. The van der Waals surface area contributed by atoms with E-state index in [1.807, 2.05) is 42.5 Å². The molecule has 2 N–H and O–H groups in total. The molecule has 108 valence electrons. The van der Waals surface area contributed by atoms with Crippen molar-refractivity contribution in [2.45, 2.75) is 12.8 Å². The zero-order valence-electron chi connectivity index (χ0n) is 11.8. The quantitative estimate of drug-likeness (QED) is 0.932. The van der Waals surface area contributed by atoms with E-state index in [9.17, 15) is 4.79 Å². The minimum absolute atomic E-state index is 0.00204. The molecule has 5 nitrogen and oxygen atoms in total. The van der Waals surface area contributed by atoms with Crippen LogP contribution in [0.4, 0.5) is 5.82 Å². The van der Waals surface area contributed by atoms with Crippen LogP contribution in [0.2, 0.25) is 0 Å². The van der Waals surface area contributed by atoms with Crippen LogP contribution < -0.4 is 10.6 Å². The van der Waals surface area contributed by atoms with Gasteiger partial charge in [-0.1, -0.05) is 30.3 Å². The molecule has 21 heavy (non-hydrogen) atoms. The van der Waals surface area contributed by atoms with E-state index in [-0.39, 0.29) is 11.8 Å². The van der Waals surface area contributed by atoms with Gasteiger partial charge in [-0.2, -0.15) is 0 Å². The van der Waals surface area contributed by atoms with E-state index in [2.05, 4.69) is 15.1 Å². The highest BCUT2D eigenvalue weighted by atomic mass is 16.1. The number of carbonyl (C=O) groups is 1. The third-order valence-corrected chi connectivity index (χ3v) is 3.94. The van der Waals surface area contributed by atoms with Gasteiger partial charge in [0, 0.05) is 24.6 Å². The van der Waals surface area contributed by atoms with Crippen LogP contribution in [-0.4, -0.2) is 29.2 Å². The zero-order chi connectivity index (χ0) is 14.7. The smallest absolute Gasteiger partial charge is 0.220 e. The molecule has 1 aliphatic heterocycles. The van der Waals surface area contributed by atoms with Crippen molar-refractivity contribution in [2.75, 3.05) is 18.0 Å². The number of hydrogen-bond donors (Lipinski definition) is 1. The average Bonchev–Trinajstić information content (AvgIpc) is 2.56. The summed E-state index contributed by atoms with van der Waals surface area (Å²) in [4.78, 5) is 13.3. The van der Waals surface area contributed by atoms with E-state index in [1.54, 1.807) is 0 Å². The van der Waals surface area contributed by atoms with Crippen molar-refractivity contribution in [1.82, 2.24) is 10.2 Å². The molecule has 1 fully saturated rings. The van der Waals surface area contributed by atoms with Crippen molar-refractivity contribution in [2.24, 2.45) is 11.7 Å². The number of nitrogens with zero attached hydrogens (tertiary/aromatic N) is 3. The predicted molar refractivity (Wildman–Crippen MR) is 81.6 cm³/mol. The lowest BCUT2D eigenvalue weighted by atomic mass is 9.96. The summed E-state index contributed by atoms with van der Waals surface area (Å²) in [5.41, 5.74) is 7.28. The van der Waals surface area contributed by atoms with Crippen LogP contribution in [0, 0.1) is 5.92 Å². The number of aromatic nitrogens is 2. The summed E-state index contributed by atoms with van der Waals surface area (Å²) in [7, 11) is 0. The fraction of sp³-hybridized carbons (Fsp3) is 0.312. The molecule has 1 amide bonds. The topological polar surface area (TPSA) is 72.1 Å². The number of piperidine rings is 1. The SMILES string of the molecule is NC(=O)C1CCN(c2ccc(-c3ccccc3)nn2)CC1. The van der Waals surface area contributed by atoms with Gasteiger partial charge in [0.2, 0.25) is 5.91 Å². The Hall–Kier alpha value is -2.43. The normalized spacial score (nSPS) is 15.9. The Balaban J connectivity index is 1.69. The van der Waals surface area contributed by atoms with Crippen molar-refractivity contribution >= 4 is 11.7 Å². The molecule has 1 aromatic carbocycles. The van der Waals surface area contributed by atoms with Gasteiger partial charge in [0.25, 0.3) is 0 Å². The molecular weight excluding hydrogens is 264 g/mol. The standard InChI is InChI=1S/C16H18N4O/c17-16(21)13-8-10-20(11-9-13)15-7-6-14(18-19-15)12-4-2-1-3-5-12/h1-7,13H,8-11H2,(H2,17,21). The first-order valence-electron chi connectivity index (χ1n) is 7.17. The van der Waals surface area contributed by atoms with Gasteiger partial charge in [0.15, 0.2) is 5.82 Å². The van der Waals surface area contributed by atoms with E-state index in [1.165, 1.54) is 0 Å². The second-order valence-corrected chi connectivity index (χ2v) is 5.31. The molecule has 3 rings (SSSR count). The maximum Gasteiger partial charge on any atom is 0.220 e. The lowest BCUT2D eigenvalue weighted by molar-refractivity contribution is -0.122. The second-order valence-electron chi connectivity index (χ2n) is 5.31. The van der Waals surface area contributed by atoms with Gasteiger partial charge < -0.3 is 10.6 Å². The third kappa shape index (κ3) is 3.02. The van der Waals surface area contributed by atoms with Crippen LogP contribution >= 0.6 is 0 Å². The highest BCUT2D eigenvalue weighted by molar-refractivity contribution is 5.77. The molecule has 1 saturated heterocycles. The van der Waals surface area contributed by atoms with E-state index < -0.39 is 0 Å². The zero-order valence-corrected chi connectivity index (χ0v) is 11.8. The fourth-order valence-corrected chi connectivity index (χ4v) is 2.65. The Morgan fingerprint density at radius 1 is 1.05 bits per heavy atom. The van der Waals surface area contributed by atoms with Crippen molar-refractivity contribution in [3.05, 3.63) is 42.5 Å². The van der Waals surface area contributed by atoms with Crippen LogP contribution in [0.3, 0.4) is 0 Å². The van der Waals surface area contributed by atoms with Gasteiger partial charge in [-0.15, -0.1) is 10.2 Å². The number of nitrogens with two attached hydrogens (primary N) is 1. The first kappa shape index (κ1) is 13.5. The van der Waals surface area contributed by atoms with Gasteiger partial charge in [0.1, 0.15) is 0 Å². The van der Waals surface area contributed by atoms with E-state index in [0.717, 1.165) is 43.0 Å². The van der Waals surface area contributed by atoms with Gasteiger partial charge in [-0.25, -0.2) is 0 Å². The highest BCUT2D eigenvalue weighted by Gasteiger charge is 2.23. The first-order valence-corrected chi connectivity index (χ1v) is 7.17. The predicted octanol–water partition coefficient (Wildman–Crippen LogP) is 1.85. The summed E-state index contributed by atoms with van der Waals surface area (Å²) in [5, 5.41) is 8.60. The van der Waals surface area contributed by atoms with Gasteiger partial charge in [0.05, 0.1) is 5.69 Å². The maximum atomic E-state index is 11.2. The van der Waals surface area contributed by atoms with Gasteiger partial charge in [-0.05, 0) is 25.0 Å². The first-order chi connectivity index (χ1) is 10.2. The molecule has 0 bridgehead atoms. The minimum Gasteiger partial charge on any atom is -0.369 e. The number of amides is 1. The van der Waals surface area contributed by atoms with Crippen LogP contribution in [0.25, 0.3) is 11.3 Å². The Kier molecular flexibility index (Phi) is 3.81. The Morgan fingerprint density at radius 3 is 2.33 bits per heavy atom. The molecular formula is C16H18N4O. The number of anilines is 1. The van der Waals surface area contributed by atoms with Crippen LogP contribution in [-0.2, 0) is 4.79 Å². The monoisotopic (exact) mass is 282 g/mol. The van der Waals surface area contributed by atoms with Gasteiger partial charge in [-0.3, -0.25) is 4.79 Å². The minimum atomic E-state index is -0.194. The molecule has 0 aliphatic carbocycles. The largest absolute Gasteiger partial charge is 0.369 e.